The van der Waals surface area contributed by atoms with Crippen molar-refractivity contribution in [2.75, 3.05) is 38.5 Å². The molecule has 3 rings (SSSR count). The molecule has 2 aromatic rings. The first kappa shape index (κ1) is 16.3. The van der Waals surface area contributed by atoms with E-state index in [1.165, 1.54) is 0 Å². The molecular weight excluding hydrogens is 304 g/mol. The Morgan fingerprint density at radius 2 is 1.92 bits per heavy atom. The standard InChI is InChI=1S/C18H22N4O2/c1-21-10-3-11-22(13-12-21)18(23)20-15-4-2-5-17(14-15)24-16-6-8-19-9-7-16/h2,4-9,14H,3,10-13H2,1H3,(H,20,23). The molecule has 0 atom stereocenters. The SMILES string of the molecule is CN1CCCN(C(=O)Nc2cccc(Oc3ccncc3)c2)CC1. The van der Waals surface area contributed by atoms with Crippen molar-refractivity contribution in [2.24, 2.45) is 0 Å². The zero-order chi connectivity index (χ0) is 16.8. The summed E-state index contributed by atoms with van der Waals surface area (Å²) in [7, 11) is 2.08. The molecule has 0 aliphatic carbocycles. The van der Waals surface area contributed by atoms with Gasteiger partial charge in [-0.15, -0.1) is 0 Å². The number of urea groups is 1. The number of likely N-dealkylation sites (N-methyl/N-ethyl adjacent to an activating group) is 1. The maximum absolute atomic E-state index is 12.4. The fraction of sp³-hybridized carbons (Fsp3) is 0.333. The number of hydrogen-bond acceptors (Lipinski definition) is 4. The number of carbonyl (C=O) groups excluding carboxylic acids is 1. The van der Waals surface area contributed by atoms with Crippen molar-refractivity contribution in [2.45, 2.75) is 6.42 Å². The van der Waals surface area contributed by atoms with Crippen LogP contribution in [-0.4, -0.2) is 54.0 Å². The van der Waals surface area contributed by atoms with Gasteiger partial charge in [0.15, 0.2) is 0 Å². The Kier molecular flexibility index (Phi) is 5.28. The fourth-order valence-corrected chi connectivity index (χ4v) is 2.63. The largest absolute Gasteiger partial charge is 0.457 e. The molecular formula is C18H22N4O2. The molecule has 126 valence electrons. The van der Waals surface area contributed by atoms with E-state index in [9.17, 15) is 4.79 Å². The van der Waals surface area contributed by atoms with Gasteiger partial charge in [0.05, 0.1) is 0 Å². The molecule has 0 radical (unpaired) electrons. The summed E-state index contributed by atoms with van der Waals surface area (Å²) >= 11 is 0. The van der Waals surface area contributed by atoms with Crippen LogP contribution in [0.4, 0.5) is 10.5 Å². The summed E-state index contributed by atoms with van der Waals surface area (Å²) in [5, 5.41) is 2.96. The molecule has 0 saturated carbocycles. The second-order valence-corrected chi connectivity index (χ2v) is 5.89. The molecule has 0 spiro atoms. The Labute approximate surface area is 142 Å². The van der Waals surface area contributed by atoms with E-state index in [1.807, 2.05) is 29.2 Å². The van der Waals surface area contributed by atoms with Gasteiger partial charge in [-0.3, -0.25) is 4.98 Å². The lowest BCUT2D eigenvalue weighted by atomic mass is 10.3. The number of anilines is 1. The highest BCUT2D eigenvalue weighted by Gasteiger charge is 2.17. The minimum absolute atomic E-state index is 0.0636. The molecule has 24 heavy (non-hydrogen) atoms. The number of carbonyl (C=O) groups is 1. The minimum Gasteiger partial charge on any atom is -0.457 e. The summed E-state index contributed by atoms with van der Waals surface area (Å²) in [5.74, 6) is 1.39. The summed E-state index contributed by atoms with van der Waals surface area (Å²) < 4.78 is 5.77. The Morgan fingerprint density at radius 3 is 2.75 bits per heavy atom. The molecule has 1 N–H and O–H groups in total. The predicted octanol–water partition coefficient (Wildman–Crippen LogP) is 3.04. The number of nitrogens with one attached hydrogen (secondary N) is 1. The van der Waals surface area contributed by atoms with Crippen molar-refractivity contribution in [3.8, 4) is 11.5 Å². The summed E-state index contributed by atoms with van der Waals surface area (Å²) in [4.78, 5) is 20.5. The second-order valence-electron chi connectivity index (χ2n) is 5.89. The van der Waals surface area contributed by atoms with Gasteiger partial charge in [0.2, 0.25) is 0 Å². The quantitative estimate of drug-likeness (QED) is 0.942. The topological polar surface area (TPSA) is 57.7 Å². The third-order valence-electron chi connectivity index (χ3n) is 3.98. The van der Waals surface area contributed by atoms with Gasteiger partial charge in [0, 0.05) is 43.8 Å². The van der Waals surface area contributed by atoms with Gasteiger partial charge in [-0.05, 0) is 44.3 Å². The van der Waals surface area contributed by atoms with Gasteiger partial charge in [0.1, 0.15) is 11.5 Å². The fourth-order valence-electron chi connectivity index (χ4n) is 2.63. The lowest BCUT2D eigenvalue weighted by Crippen LogP contribution is -2.37. The molecule has 1 aliphatic heterocycles. The van der Waals surface area contributed by atoms with E-state index >= 15 is 0 Å². The molecule has 6 nitrogen and oxygen atoms in total. The zero-order valence-corrected chi connectivity index (χ0v) is 13.8. The average molecular weight is 326 g/mol. The van der Waals surface area contributed by atoms with Crippen molar-refractivity contribution in [3.05, 3.63) is 48.8 Å². The molecule has 2 heterocycles. The number of ether oxygens (including phenoxy) is 1. The highest BCUT2D eigenvalue weighted by Crippen LogP contribution is 2.23. The van der Waals surface area contributed by atoms with Crippen LogP contribution in [0.25, 0.3) is 0 Å². The zero-order valence-electron chi connectivity index (χ0n) is 13.8. The van der Waals surface area contributed by atoms with E-state index in [0.29, 0.717) is 11.5 Å². The Balaban J connectivity index is 1.62. The first-order valence-corrected chi connectivity index (χ1v) is 8.13. The first-order valence-electron chi connectivity index (χ1n) is 8.13. The van der Waals surface area contributed by atoms with Crippen LogP contribution in [0.2, 0.25) is 0 Å². The van der Waals surface area contributed by atoms with Crippen molar-refractivity contribution in [3.63, 3.8) is 0 Å². The highest BCUT2D eigenvalue weighted by atomic mass is 16.5. The molecule has 2 amide bonds. The van der Waals surface area contributed by atoms with Gasteiger partial charge in [-0.1, -0.05) is 6.07 Å². The molecule has 1 fully saturated rings. The minimum atomic E-state index is -0.0636. The molecule has 1 aromatic heterocycles. The summed E-state index contributed by atoms with van der Waals surface area (Å²) in [6, 6.07) is 10.9. The third-order valence-corrected chi connectivity index (χ3v) is 3.98. The van der Waals surface area contributed by atoms with Crippen molar-refractivity contribution in [1.82, 2.24) is 14.8 Å². The van der Waals surface area contributed by atoms with Gasteiger partial charge >= 0.3 is 6.03 Å². The normalized spacial score (nSPS) is 15.6. The van der Waals surface area contributed by atoms with Gasteiger partial charge in [0.25, 0.3) is 0 Å². The van der Waals surface area contributed by atoms with Crippen LogP contribution in [0.15, 0.2) is 48.8 Å². The van der Waals surface area contributed by atoms with E-state index in [1.54, 1.807) is 24.5 Å². The van der Waals surface area contributed by atoms with Crippen molar-refractivity contribution >= 4 is 11.7 Å². The lowest BCUT2D eigenvalue weighted by molar-refractivity contribution is 0.213. The highest BCUT2D eigenvalue weighted by molar-refractivity contribution is 5.89. The maximum atomic E-state index is 12.4. The van der Waals surface area contributed by atoms with E-state index in [0.717, 1.165) is 38.3 Å². The number of pyridine rings is 1. The molecule has 1 saturated heterocycles. The van der Waals surface area contributed by atoms with E-state index in [-0.39, 0.29) is 6.03 Å². The number of benzene rings is 1. The monoisotopic (exact) mass is 326 g/mol. The smallest absolute Gasteiger partial charge is 0.321 e. The van der Waals surface area contributed by atoms with E-state index in [4.69, 9.17) is 4.74 Å². The molecule has 1 aliphatic rings. The van der Waals surface area contributed by atoms with Crippen LogP contribution in [0.3, 0.4) is 0 Å². The number of rotatable bonds is 3. The van der Waals surface area contributed by atoms with Crippen LogP contribution in [0.1, 0.15) is 6.42 Å². The maximum Gasteiger partial charge on any atom is 0.321 e. The van der Waals surface area contributed by atoms with E-state index < -0.39 is 0 Å². The van der Waals surface area contributed by atoms with Crippen LogP contribution >= 0.6 is 0 Å². The summed E-state index contributed by atoms with van der Waals surface area (Å²) in [5.41, 5.74) is 0.726. The first-order chi connectivity index (χ1) is 11.7. The number of hydrogen-bond donors (Lipinski definition) is 1. The Morgan fingerprint density at radius 1 is 1.08 bits per heavy atom. The van der Waals surface area contributed by atoms with Gasteiger partial charge in [-0.2, -0.15) is 0 Å². The number of aromatic nitrogens is 1. The van der Waals surface area contributed by atoms with Gasteiger partial charge < -0.3 is 19.9 Å². The average Bonchev–Trinajstić information content (AvgIpc) is 2.81. The molecule has 0 bridgehead atoms. The van der Waals surface area contributed by atoms with Crippen molar-refractivity contribution in [1.29, 1.82) is 0 Å². The van der Waals surface area contributed by atoms with Crippen LogP contribution < -0.4 is 10.1 Å². The Hall–Kier alpha value is -2.60. The summed E-state index contributed by atoms with van der Waals surface area (Å²) in [6.07, 6.45) is 4.35. The predicted molar refractivity (Wildman–Crippen MR) is 93.5 cm³/mol. The Bertz CT molecular complexity index is 678. The third kappa shape index (κ3) is 4.45. The molecule has 6 heteroatoms. The van der Waals surface area contributed by atoms with Crippen LogP contribution in [0, 0.1) is 0 Å². The molecule has 1 aromatic carbocycles. The second kappa shape index (κ2) is 7.79. The number of nitrogens with zero attached hydrogens (tertiary/aromatic N) is 3. The van der Waals surface area contributed by atoms with E-state index in [2.05, 4.69) is 22.2 Å². The molecule has 0 unspecified atom stereocenters. The van der Waals surface area contributed by atoms with Crippen LogP contribution in [-0.2, 0) is 0 Å². The van der Waals surface area contributed by atoms with Gasteiger partial charge in [-0.25, -0.2) is 4.79 Å². The number of amides is 2. The summed E-state index contributed by atoms with van der Waals surface area (Å²) in [6.45, 7) is 3.45. The van der Waals surface area contributed by atoms with Crippen molar-refractivity contribution < 1.29 is 9.53 Å². The van der Waals surface area contributed by atoms with Crippen LogP contribution in [0.5, 0.6) is 11.5 Å². The lowest BCUT2D eigenvalue weighted by Gasteiger charge is -2.21.